The Hall–Kier alpha value is -2.15. The summed E-state index contributed by atoms with van der Waals surface area (Å²) >= 11 is 0. The van der Waals surface area contributed by atoms with Gasteiger partial charge in [-0.1, -0.05) is 0 Å². The molecule has 1 N–H and O–H groups in total. The Morgan fingerprint density at radius 1 is 1.39 bits per heavy atom. The van der Waals surface area contributed by atoms with Gasteiger partial charge in [0.05, 0.1) is 12.1 Å². The number of alkyl halides is 2. The number of aliphatic hydroxyl groups is 1. The van der Waals surface area contributed by atoms with Crippen molar-refractivity contribution in [3.63, 3.8) is 0 Å². The van der Waals surface area contributed by atoms with Crippen LogP contribution in [-0.4, -0.2) is 28.0 Å². The van der Waals surface area contributed by atoms with Crippen molar-refractivity contribution in [3.05, 3.63) is 29.5 Å². The van der Waals surface area contributed by atoms with Gasteiger partial charge >= 0.3 is 12.7 Å². The molecule has 0 aliphatic rings. The summed E-state index contributed by atoms with van der Waals surface area (Å²) in [7, 11) is 0. The largest absolute Gasteiger partial charge is 0.443 e. The first kappa shape index (κ1) is 17.2. The zero-order valence-corrected chi connectivity index (χ0v) is 13.4. The van der Waals surface area contributed by atoms with Gasteiger partial charge in [0, 0.05) is 17.1 Å². The molecule has 1 aromatic carbocycles. The first-order valence-corrected chi connectivity index (χ1v) is 7.06. The van der Waals surface area contributed by atoms with Gasteiger partial charge in [0.15, 0.2) is 0 Å². The lowest BCUT2D eigenvalue weighted by Crippen LogP contribution is -2.26. The number of aryl methyl sites for hydroxylation is 1. The highest BCUT2D eigenvalue weighted by Gasteiger charge is 2.22. The number of aromatic nitrogens is 1. The zero-order chi connectivity index (χ0) is 17.4. The molecule has 23 heavy (non-hydrogen) atoms. The van der Waals surface area contributed by atoms with Gasteiger partial charge < -0.3 is 14.6 Å². The van der Waals surface area contributed by atoms with Crippen LogP contribution in [0.4, 0.5) is 13.6 Å². The fourth-order valence-electron chi connectivity index (χ4n) is 2.39. The second-order valence-electron chi connectivity index (χ2n) is 6.14. The Bertz CT molecular complexity index is 732. The fraction of sp³-hybridized carbons (Fsp3) is 0.438. The molecule has 0 bridgehead atoms. The van der Waals surface area contributed by atoms with Gasteiger partial charge in [-0.3, -0.25) is 4.57 Å². The van der Waals surface area contributed by atoms with Gasteiger partial charge in [0.1, 0.15) is 11.4 Å². The van der Waals surface area contributed by atoms with Gasteiger partial charge in [0.2, 0.25) is 0 Å². The normalized spacial score (nSPS) is 12.0. The maximum atomic E-state index is 12.5. The van der Waals surface area contributed by atoms with Gasteiger partial charge in [-0.25, -0.2) is 4.79 Å². The van der Waals surface area contributed by atoms with Crippen LogP contribution in [0.3, 0.4) is 0 Å². The second kappa shape index (κ2) is 6.16. The van der Waals surface area contributed by atoms with Crippen LogP contribution in [-0.2, 0) is 11.3 Å². The SMILES string of the molecule is Cc1cc(OC(F)F)c(CO)c2ccn(C(=O)OC(C)(C)C)c12. The summed E-state index contributed by atoms with van der Waals surface area (Å²) in [6.07, 6.45) is 0.902. The van der Waals surface area contributed by atoms with E-state index in [0.29, 0.717) is 16.5 Å². The molecule has 0 unspecified atom stereocenters. The summed E-state index contributed by atoms with van der Waals surface area (Å²) in [5.41, 5.74) is 0.585. The molecule has 126 valence electrons. The molecule has 0 aliphatic carbocycles. The molecule has 1 heterocycles. The molecule has 2 aromatic rings. The molecule has 1 aromatic heterocycles. The molecule has 0 amide bonds. The van der Waals surface area contributed by atoms with E-state index in [4.69, 9.17) is 4.74 Å². The molecule has 0 saturated heterocycles. The Balaban J connectivity index is 2.58. The third kappa shape index (κ3) is 3.61. The van der Waals surface area contributed by atoms with Gasteiger partial charge in [-0.2, -0.15) is 8.78 Å². The number of benzene rings is 1. The predicted molar refractivity (Wildman–Crippen MR) is 80.9 cm³/mol. The minimum absolute atomic E-state index is 0.102. The van der Waals surface area contributed by atoms with Crippen molar-refractivity contribution in [1.29, 1.82) is 0 Å². The standard InChI is InChI=1S/C16H19F2NO4/c1-9-7-12(22-14(17)18)11(8-20)10-5-6-19(13(9)10)15(21)23-16(2,3)4/h5-7,14,20H,8H2,1-4H3. The van der Waals surface area contributed by atoms with E-state index in [0.717, 1.165) is 0 Å². The quantitative estimate of drug-likeness (QED) is 0.931. The summed E-state index contributed by atoms with van der Waals surface area (Å²) < 4.78 is 36.1. The number of nitrogens with zero attached hydrogens (tertiary/aromatic N) is 1. The Kier molecular flexibility index (Phi) is 4.61. The molecule has 0 aliphatic heterocycles. The van der Waals surface area contributed by atoms with E-state index in [-0.39, 0.29) is 11.3 Å². The zero-order valence-electron chi connectivity index (χ0n) is 13.4. The second-order valence-corrected chi connectivity index (χ2v) is 6.14. The highest BCUT2D eigenvalue weighted by Crippen LogP contribution is 2.33. The van der Waals surface area contributed by atoms with Crippen molar-refractivity contribution in [2.45, 2.75) is 46.5 Å². The van der Waals surface area contributed by atoms with Crippen LogP contribution < -0.4 is 4.74 Å². The van der Waals surface area contributed by atoms with Crippen LogP contribution in [0.15, 0.2) is 18.3 Å². The maximum Gasteiger partial charge on any atom is 0.419 e. The third-order valence-electron chi connectivity index (χ3n) is 3.19. The number of carbonyl (C=O) groups is 1. The van der Waals surface area contributed by atoms with Crippen molar-refractivity contribution in [3.8, 4) is 5.75 Å². The third-order valence-corrected chi connectivity index (χ3v) is 3.19. The van der Waals surface area contributed by atoms with Crippen molar-refractivity contribution in [2.75, 3.05) is 0 Å². The van der Waals surface area contributed by atoms with E-state index in [2.05, 4.69) is 4.74 Å². The average Bonchev–Trinajstić information content (AvgIpc) is 2.81. The summed E-state index contributed by atoms with van der Waals surface area (Å²) in [5, 5.41) is 9.97. The van der Waals surface area contributed by atoms with E-state index in [9.17, 15) is 18.7 Å². The lowest BCUT2D eigenvalue weighted by atomic mass is 10.1. The van der Waals surface area contributed by atoms with Crippen LogP contribution in [0.1, 0.15) is 31.9 Å². The maximum absolute atomic E-state index is 12.5. The number of aliphatic hydroxyl groups excluding tert-OH is 1. The lowest BCUT2D eigenvalue weighted by molar-refractivity contribution is -0.0508. The van der Waals surface area contributed by atoms with Crippen LogP contribution in [0, 0.1) is 6.92 Å². The van der Waals surface area contributed by atoms with E-state index < -0.39 is 24.9 Å². The molecule has 0 saturated carbocycles. The number of ether oxygens (including phenoxy) is 2. The van der Waals surface area contributed by atoms with Gasteiger partial charge in [-0.15, -0.1) is 0 Å². The highest BCUT2D eigenvalue weighted by atomic mass is 19.3. The summed E-state index contributed by atoms with van der Waals surface area (Å²) in [6, 6.07) is 2.94. The summed E-state index contributed by atoms with van der Waals surface area (Å²) in [4.78, 5) is 12.3. The van der Waals surface area contributed by atoms with Crippen molar-refractivity contribution in [1.82, 2.24) is 4.57 Å². The van der Waals surface area contributed by atoms with Crippen molar-refractivity contribution in [2.24, 2.45) is 0 Å². The van der Waals surface area contributed by atoms with E-state index in [1.807, 2.05) is 0 Å². The number of hydrogen-bond donors (Lipinski definition) is 1. The highest BCUT2D eigenvalue weighted by molar-refractivity contribution is 5.95. The average molecular weight is 327 g/mol. The smallest absolute Gasteiger partial charge is 0.419 e. The minimum atomic E-state index is -3.00. The van der Waals surface area contributed by atoms with Crippen molar-refractivity contribution >= 4 is 17.0 Å². The minimum Gasteiger partial charge on any atom is -0.443 e. The Labute approximate surface area is 132 Å². The van der Waals surface area contributed by atoms with E-state index in [1.54, 1.807) is 33.8 Å². The number of rotatable bonds is 3. The molecule has 0 fully saturated rings. The monoisotopic (exact) mass is 327 g/mol. The first-order valence-electron chi connectivity index (χ1n) is 7.06. The molecular formula is C16H19F2NO4. The van der Waals surface area contributed by atoms with Gasteiger partial charge in [-0.05, 0) is 45.4 Å². The molecule has 0 radical (unpaired) electrons. The van der Waals surface area contributed by atoms with Crippen molar-refractivity contribution < 1.29 is 28.2 Å². The number of carbonyl (C=O) groups excluding carboxylic acids is 1. The number of fused-ring (bicyclic) bond motifs is 1. The summed E-state index contributed by atoms with van der Waals surface area (Å²) in [6.45, 7) is 3.43. The summed E-state index contributed by atoms with van der Waals surface area (Å²) in [5.74, 6) is -0.102. The fourth-order valence-corrected chi connectivity index (χ4v) is 2.39. The van der Waals surface area contributed by atoms with Gasteiger partial charge in [0.25, 0.3) is 0 Å². The Morgan fingerprint density at radius 2 is 2.04 bits per heavy atom. The first-order chi connectivity index (χ1) is 10.6. The molecule has 5 nitrogen and oxygen atoms in total. The number of halogens is 2. The molecule has 0 spiro atoms. The van der Waals surface area contributed by atoms with E-state index in [1.165, 1.54) is 16.8 Å². The van der Waals surface area contributed by atoms with E-state index >= 15 is 0 Å². The van der Waals surface area contributed by atoms with Crippen LogP contribution in [0.2, 0.25) is 0 Å². The topological polar surface area (TPSA) is 60.7 Å². The van der Waals surface area contributed by atoms with Crippen LogP contribution >= 0.6 is 0 Å². The molecular weight excluding hydrogens is 308 g/mol. The number of hydrogen-bond acceptors (Lipinski definition) is 4. The predicted octanol–water partition coefficient (Wildman–Crippen LogP) is 3.83. The molecule has 0 atom stereocenters. The molecule has 2 rings (SSSR count). The Morgan fingerprint density at radius 3 is 2.57 bits per heavy atom. The van der Waals surface area contributed by atoms with Crippen LogP contribution in [0.25, 0.3) is 10.9 Å². The van der Waals surface area contributed by atoms with Crippen LogP contribution in [0.5, 0.6) is 5.75 Å². The molecule has 7 heteroatoms. The lowest BCUT2D eigenvalue weighted by Gasteiger charge is -2.20.